The first kappa shape index (κ1) is 7.11. The summed E-state index contributed by atoms with van der Waals surface area (Å²) in [6.07, 6.45) is 6.44. The van der Waals surface area contributed by atoms with Gasteiger partial charge in [-0.05, 0) is 31.6 Å². The fourth-order valence-electron chi connectivity index (χ4n) is 2.09. The Morgan fingerprint density at radius 2 is 1.80 bits per heavy atom. The quantitative estimate of drug-likeness (QED) is 0.597. The standard InChI is InChI=1S/C8H13BrO/c9-5-6-3-7-1-2-8(4-6)10-7/h6-8H,1-5H2. The molecule has 0 aromatic rings. The summed E-state index contributed by atoms with van der Waals surface area (Å²) in [6.45, 7) is 0. The molecule has 0 aromatic carbocycles. The second-order valence-electron chi connectivity index (χ2n) is 3.45. The van der Waals surface area contributed by atoms with Crippen molar-refractivity contribution in [2.75, 3.05) is 5.33 Å². The minimum atomic E-state index is 0.612. The van der Waals surface area contributed by atoms with E-state index in [1.165, 1.54) is 31.0 Å². The van der Waals surface area contributed by atoms with Crippen LogP contribution < -0.4 is 0 Å². The molecule has 0 N–H and O–H groups in total. The lowest BCUT2D eigenvalue weighted by Crippen LogP contribution is -2.25. The van der Waals surface area contributed by atoms with E-state index in [-0.39, 0.29) is 0 Å². The van der Waals surface area contributed by atoms with E-state index in [1.807, 2.05) is 0 Å². The summed E-state index contributed by atoms with van der Waals surface area (Å²) in [5.74, 6) is 0.895. The molecule has 2 fully saturated rings. The zero-order valence-electron chi connectivity index (χ0n) is 6.05. The van der Waals surface area contributed by atoms with E-state index in [4.69, 9.17) is 4.74 Å². The van der Waals surface area contributed by atoms with Gasteiger partial charge in [-0.1, -0.05) is 15.9 Å². The van der Waals surface area contributed by atoms with Gasteiger partial charge in [0.2, 0.25) is 0 Å². The van der Waals surface area contributed by atoms with Gasteiger partial charge >= 0.3 is 0 Å². The van der Waals surface area contributed by atoms with Gasteiger partial charge in [0.15, 0.2) is 0 Å². The Hall–Kier alpha value is 0.440. The molecule has 1 nitrogen and oxygen atoms in total. The molecule has 0 aliphatic carbocycles. The fraction of sp³-hybridized carbons (Fsp3) is 1.00. The fourth-order valence-corrected chi connectivity index (χ4v) is 2.62. The van der Waals surface area contributed by atoms with Crippen LogP contribution in [0.25, 0.3) is 0 Å². The van der Waals surface area contributed by atoms with Crippen molar-refractivity contribution in [3.63, 3.8) is 0 Å². The van der Waals surface area contributed by atoms with E-state index in [2.05, 4.69) is 15.9 Å². The van der Waals surface area contributed by atoms with Crippen LogP contribution >= 0.6 is 15.9 Å². The van der Waals surface area contributed by atoms with Crippen molar-refractivity contribution in [3.05, 3.63) is 0 Å². The molecule has 2 saturated heterocycles. The van der Waals surface area contributed by atoms with E-state index < -0.39 is 0 Å². The van der Waals surface area contributed by atoms with Crippen LogP contribution in [0.4, 0.5) is 0 Å². The summed E-state index contributed by atoms with van der Waals surface area (Å²) in [6, 6.07) is 0. The molecule has 2 atom stereocenters. The molecular formula is C8H13BrO. The van der Waals surface area contributed by atoms with Gasteiger partial charge in [0.1, 0.15) is 0 Å². The molecule has 2 heteroatoms. The van der Waals surface area contributed by atoms with Crippen molar-refractivity contribution in [1.82, 2.24) is 0 Å². The Kier molecular flexibility index (Phi) is 2.01. The monoisotopic (exact) mass is 204 g/mol. The lowest BCUT2D eigenvalue weighted by Gasteiger charge is -2.26. The Balaban J connectivity index is 1.96. The summed E-state index contributed by atoms with van der Waals surface area (Å²) in [5, 5.41) is 1.17. The molecule has 58 valence electrons. The van der Waals surface area contributed by atoms with Crippen LogP contribution in [0.1, 0.15) is 25.7 Å². The molecular weight excluding hydrogens is 192 g/mol. The maximum Gasteiger partial charge on any atom is 0.0582 e. The molecule has 0 radical (unpaired) electrons. The van der Waals surface area contributed by atoms with Crippen LogP contribution in [0.2, 0.25) is 0 Å². The summed E-state index contributed by atoms with van der Waals surface area (Å²) in [7, 11) is 0. The maximum absolute atomic E-state index is 5.71. The van der Waals surface area contributed by atoms with E-state index in [1.54, 1.807) is 0 Å². The van der Waals surface area contributed by atoms with E-state index in [9.17, 15) is 0 Å². The highest BCUT2D eigenvalue weighted by atomic mass is 79.9. The minimum absolute atomic E-state index is 0.612. The molecule has 0 aromatic heterocycles. The van der Waals surface area contributed by atoms with Gasteiger partial charge < -0.3 is 4.74 Å². The van der Waals surface area contributed by atoms with Crippen molar-refractivity contribution in [1.29, 1.82) is 0 Å². The van der Waals surface area contributed by atoms with Gasteiger partial charge in [0, 0.05) is 5.33 Å². The van der Waals surface area contributed by atoms with Gasteiger partial charge in [-0.25, -0.2) is 0 Å². The number of halogens is 1. The van der Waals surface area contributed by atoms with Crippen LogP contribution in [0.5, 0.6) is 0 Å². The van der Waals surface area contributed by atoms with Crippen molar-refractivity contribution < 1.29 is 4.74 Å². The van der Waals surface area contributed by atoms with Gasteiger partial charge in [-0.3, -0.25) is 0 Å². The van der Waals surface area contributed by atoms with E-state index in [0.29, 0.717) is 12.2 Å². The number of hydrogen-bond acceptors (Lipinski definition) is 1. The predicted molar refractivity (Wildman–Crippen MR) is 44.4 cm³/mol. The lowest BCUT2D eigenvalue weighted by molar-refractivity contribution is -0.0140. The molecule has 0 saturated carbocycles. The number of fused-ring (bicyclic) bond motifs is 2. The largest absolute Gasteiger partial charge is 0.375 e. The van der Waals surface area contributed by atoms with E-state index >= 15 is 0 Å². The third-order valence-electron chi connectivity index (χ3n) is 2.61. The number of rotatable bonds is 1. The second-order valence-corrected chi connectivity index (χ2v) is 4.10. The first-order chi connectivity index (χ1) is 4.88. The Labute approximate surface area is 70.3 Å². The zero-order chi connectivity index (χ0) is 6.97. The lowest BCUT2D eigenvalue weighted by atomic mass is 9.98. The van der Waals surface area contributed by atoms with Crippen LogP contribution in [0.15, 0.2) is 0 Å². The van der Waals surface area contributed by atoms with Crippen LogP contribution in [-0.4, -0.2) is 17.5 Å². The van der Waals surface area contributed by atoms with Crippen molar-refractivity contribution in [2.45, 2.75) is 37.9 Å². The average Bonchev–Trinajstić information content (AvgIpc) is 2.30. The summed E-state index contributed by atoms with van der Waals surface area (Å²) in [5.41, 5.74) is 0. The molecule has 2 rings (SSSR count). The molecule has 2 unspecified atom stereocenters. The summed E-state index contributed by atoms with van der Waals surface area (Å²) < 4.78 is 5.71. The number of alkyl halides is 1. The van der Waals surface area contributed by atoms with Crippen LogP contribution in [-0.2, 0) is 4.74 Å². The Morgan fingerprint density at radius 1 is 1.20 bits per heavy atom. The van der Waals surface area contributed by atoms with Crippen molar-refractivity contribution in [3.8, 4) is 0 Å². The third-order valence-corrected chi connectivity index (χ3v) is 3.52. The molecule has 0 spiro atoms. The molecule has 2 aliphatic heterocycles. The van der Waals surface area contributed by atoms with Gasteiger partial charge in [0.25, 0.3) is 0 Å². The van der Waals surface area contributed by atoms with Gasteiger partial charge in [0.05, 0.1) is 12.2 Å². The molecule has 2 heterocycles. The Bertz CT molecular complexity index is 114. The highest BCUT2D eigenvalue weighted by molar-refractivity contribution is 9.09. The molecule has 2 aliphatic rings. The summed E-state index contributed by atoms with van der Waals surface area (Å²) >= 11 is 3.54. The number of hydrogen-bond donors (Lipinski definition) is 0. The van der Waals surface area contributed by atoms with E-state index in [0.717, 1.165) is 5.92 Å². The van der Waals surface area contributed by atoms with Crippen molar-refractivity contribution >= 4 is 15.9 Å². The molecule has 10 heavy (non-hydrogen) atoms. The van der Waals surface area contributed by atoms with Crippen LogP contribution in [0.3, 0.4) is 0 Å². The normalized spacial score (nSPS) is 45.9. The molecule has 2 bridgehead atoms. The highest BCUT2D eigenvalue weighted by Gasteiger charge is 2.34. The average molecular weight is 205 g/mol. The predicted octanol–water partition coefficient (Wildman–Crippen LogP) is 2.34. The van der Waals surface area contributed by atoms with Crippen molar-refractivity contribution in [2.24, 2.45) is 5.92 Å². The van der Waals surface area contributed by atoms with Crippen LogP contribution in [0, 0.1) is 5.92 Å². The highest BCUT2D eigenvalue weighted by Crippen LogP contribution is 2.36. The molecule has 0 amide bonds. The first-order valence-corrected chi connectivity index (χ1v) is 5.22. The van der Waals surface area contributed by atoms with Gasteiger partial charge in [-0.2, -0.15) is 0 Å². The topological polar surface area (TPSA) is 9.23 Å². The minimum Gasteiger partial charge on any atom is -0.375 e. The zero-order valence-corrected chi connectivity index (χ0v) is 7.64. The second kappa shape index (κ2) is 2.82. The summed E-state index contributed by atoms with van der Waals surface area (Å²) in [4.78, 5) is 0. The number of ether oxygens (including phenoxy) is 1. The third kappa shape index (κ3) is 1.24. The smallest absolute Gasteiger partial charge is 0.0582 e. The Morgan fingerprint density at radius 3 is 2.30 bits per heavy atom. The van der Waals surface area contributed by atoms with Gasteiger partial charge in [-0.15, -0.1) is 0 Å². The SMILES string of the molecule is BrCC1CC2CCC(C1)O2. The maximum atomic E-state index is 5.71. The first-order valence-electron chi connectivity index (χ1n) is 4.10.